The number of benzene rings is 2. The van der Waals surface area contributed by atoms with Crippen LogP contribution in [-0.2, 0) is 4.79 Å². The van der Waals surface area contributed by atoms with E-state index in [4.69, 9.17) is 0 Å². The number of nitrogens with zero attached hydrogens (tertiary/aromatic N) is 4. The molecule has 2 aromatic rings. The van der Waals surface area contributed by atoms with Gasteiger partial charge in [0.05, 0.1) is 18.3 Å². The molecule has 0 spiro atoms. The third-order valence-electron chi connectivity index (χ3n) is 6.09. The molecule has 158 valence electrons. The number of amides is 1. The lowest BCUT2D eigenvalue weighted by Gasteiger charge is -2.33. The minimum atomic E-state index is -0.302. The standard InChI is InChI=1S/C24H29FN4O/c1-17-8-9-19(18(2)14-17)23-15-22(20-6-4-5-7-21(20)25)26-29(23)24(30)16-28-12-10-27(3)11-13-28/h4-9,14,23H,10-13,15-16H2,1-3H3. The normalized spacial score (nSPS) is 20.5. The van der Waals surface area contributed by atoms with Crippen LogP contribution in [0.5, 0.6) is 0 Å². The second-order valence-corrected chi connectivity index (χ2v) is 8.42. The van der Waals surface area contributed by atoms with Crippen LogP contribution in [0.4, 0.5) is 4.39 Å². The van der Waals surface area contributed by atoms with Gasteiger partial charge in [0.1, 0.15) is 5.82 Å². The van der Waals surface area contributed by atoms with Crippen LogP contribution in [-0.4, -0.2) is 66.2 Å². The molecule has 0 bridgehead atoms. The van der Waals surface area contributed by atoms with E-state index >= 15 is 0 Å². The van der Waals surface area contributed by atoms with Crippen LogP contribution in [0.2, 0.25) is 0 Å². The van der Waals surface area contributed by atoms with Gasteiger partial charge in [-0.05, 0) is 38.1 Å². The number of carbonyl (C=O) groups excluding carboxylic acids is 1. The predicted octanol–water partition coefficient (Wildman–Crippen LogP) is 3.37. The lowest BCUT2D eigenvalue weighted by molar-refractivity contribution is -0.134. The average molecular weight is 409 g/mol. The fourth-order valence-electron chi connectivity index (χ4n) is 4.31. The number of carbonyl (C=O) groups is 1. The number of piperazine rings is 1. The van der Waals surface area contributed by atoms with Gasteiger partial charge in [-0.25, -0.2) is 9.40 Å². The number of likely N-dealkylation sites (N-methyl/N-ethyl adjacent to an activating group) is 1. The molecule has 30 heavy (non-hydrogen) atoms. The molecule has 1 atom stereocenters. The Hall–Kier alpha value is -2.57. The first kappa shape index (κ1) is 20.7. The smallest absolute Gasteiger partial charge is 0.257 e. The molecule has 2 aliphatic heterocycles. The van der Waals surface area contributed by atoms with E-state index in [1.54, 1.807) is 17.1 Å². The number of hydrogen-bond donors (Lipinski definition) is 0. The van der Waals surface area contributed by atoms with E-state index in [0.717, 1.165) is 37.3 Å². The Labute approximate surface area is 177 Å². The maximum Gasteiger partial charge on any atom is 0.257 e. The molecule has 0 saturated carbocycles. The zero-order valence-corrected chi connectivity index (χ0v) is 17.9. The number of hydrogen-bond acceptors (Lipinski definition) is 4. The van der Waals surface area contributed by atoms with Crippen LogP contribution >= 0.6 is 0 Å². The van der Waals surface area contributed by atoms with Crippen LogP contribution in [0, 0.1) is 19.7 Å². The van der Waals surface area contributed by atoms with Crippen molar-refractivity contribution in [1.82, 2.24) is 14.8 Å². The first-order valence-electron chi connectivity index (χ1n) is 10.5. The number of aryl methyl sites for hydroxylation is 2. The fourth-order valence-corrected chi connectivity index (χ4v) is 4.31. The SMILES string of the molecule is Cc1ccc(C2CC(c3ccccc3F)=NN2C(=O)CN2CCN(C)CC2)c(C)c1. The van der Waals surface area contributed by atoms with Gasteiger partial charge in [0.15, 0.2) is 0 Å². The largest absolute Gasteiger partial charge is 0.304 e. The predicted molar refractivity (Wildman–Crippen MR) is 117 cm³/mol. The molecular weight excluding hydrogens is 379 g/mol. The quantitative estimate of drug-likeness (QED) is 0.779. The van der Waals surface area contributed by atoms with E-state index < -0.39 is 0 Å². The van der Waals surface area contributed by atoms with Crippen molar-refractivity contribution in [3.63, 3.8) is 0 Å². The van der Waals surface area contributed by atoms with Gasteiger partial charge in [0.25, 0.3) is 5.91 Å². The van der Waals surface area contributed by atoms with Crippen LogP contribution in [0.15, 0.2) is 47.6 Å². The second kappa shape index (κ2) is 8.66. The zero-order valence-electron chi connectivity index (χ0n) is 17.9. The Morgan fingerprint density at radius 1 is 1.10 bits per heavy atom. The van der Waals surface area contributed by atoms with Crippen LogP contribution in [0.1, 0.15) is 34.7 Å². The molecule has 1 fully saturated rings. The highest BCUT2D eigenvalue weighted by molar-refractivity contribution is 6.03. The summed E-state index contributed by atoms with van der Waals surface area (Å²) in [5.41, 5.74) is 4.48. The topological polar surface area (TPSA) is 39.2 Å². The van der Waals surface area contributed by atoms with Crippen molar-refractivity contribution < 1.29 is 9.18 Å². The van der Waals surface area contributed by atoms with E-state index in [0.29, 0.717) is 24.2 Å². The van der Waals surface area contributed by atoms with Gasteiger partial charge in [0.2, 0.25) is 0 Å². The Bertz CT molecular complexity index is 965. The summed E-state index contributed by atoms with van der Waals surface area (Å²) in [6.45, 7) is 8.11. The molecule has 1 unspecified atom stereocenters. The van der Waals surface area contributed by atoms with Crippen molar-refractivity contribution in [3.05, 3.63) is 70.5 Å². The van der Waals surface area contributed by atoms with Crippen molar-refractivity contribution >= 4 is 11.6 Å². The van der Waals surface area contributed by atoms with E-state index in [-0.39, 0.29) is 17.8 Å². The highest BCUT2D eigenvalue weighted by atomic mass is 19.1. The molecule has 6 heteroatoms. The van der Waals surface area contributed by atoms with E-state index in [2.05, 4.69) is 54.0 Å². The molecule has 2 aromatic carbocycles. The van der Waals surface area contributed by atoms with Crippen molar-refractivity contribution in [3.8, 4) is 0 Å². The van der Waals surface area contributed by atoms with Crippen LogP contribution in [0.25, 0.3) is 0 Å². The third kappa shape index (κ3) is 4.30. The second-order valence-electron chi connectivity index (χ2n) is 8.42. The van der Waals surface area contributed by atoms with Crippen molar-refractivity contribution in [2.75, 3.05) is 39.8 Å². The zero-order chi connectivity index (χ0) is 21.3. The van der Waals surface area contributed by atoms with Gasteiger partial charge < -0.3 is 4.90 Å². The Kier molecular flexibility index (Phi) is 5.97. The molecule has 0 aromatic heterocycles. The molecule has 5 nitrogen and oxygen atoms in total. The third-order valence-corrected chi connectivity index (χ3v) is 6.09. The highest BCUT2D eigenvalue weighted by Crippen LogP contribution is 2.35. The first-order valence-corrected chi connectivity index (χ1v) is 10.5. The molecule has 2 aliphatic rings. The Morgan fingerprint density at radius 3 is 2.53 bits per heavy atom. The number of hydrazone groups is 1. The van der Waals surface area contributed by atoms with Crippen molar-refractivity contribution in [2.45, 2.75) is 26.3 Å². The molecule has 0 aliphatic carbocycles. The molecule has 1 saturated heterocycles. The summed E-state index contributed by atoms with van der Waals surface area (Å²) in [6, 6.07) is 12.7. The fraction of sp³-hybridized carbons (Fsp3) is 0.417. The van der Waals surface area contributed by atoms with Crippen LogP contribution in [0.3, 0.4) is 0 Å². The lowest BCUT2D eigenvalue weighted by atomic mass is 9.94. The van der Waals surface area contributed by atoms with Crippen molar-refractivity contribution in [2.24, 2.45) is 5.10 Å². The number of halogens is 1. The van der Waals surface area contributed by atoms with E-state index in [9.17, 15) is 9.18 Å². The summed E-state index contributed by atoms with van der Waals surface area (Å²) in [7, 11) is 2.10. The molecule has 2 heterocycles. The van der Waals surface area contributed by atoms with Gasteiger partial charge in [-0.2, -0.15) is 5.10 Å². The van der Waals surface area contributed by atoms with Gasteiger partial charge in [0, 0.05) is 38.2 Å². The van der Waals surface area contributed by atoms with Crippen molar-refractivity contribution in [1.29, 1.82) is 0 Å². The molecule has 0 N–H and O–H groups in total. The lowest BCUT2D eigenvalue weighted by Crippen LogP contribution is -2.48. The minimum Gasteiger partial charge on any atom is -0.304 e. The maximum absolute atomic E-state index is 14.4. The molecule has 1 amide bonds. The first-order chi connectivity index (χ1) is 14.4. The molecule has 4 rings (SSSR count). The average Bonchev–Trinajstić information content (AvgIpc) is 3.15. The summed E-state index contributed by atoms with van der Waals surface area (Å²) < 4.78 is 14.4. The van der Waals surface area contributed by atoms with Gasteiger partial charge in [-0.15, -0.1) is 0 Å². The Morgan fingerprint density at radius 2 is 1.83 bits per heavy atom. The van der Waals surface area contributed by atoms with E-state index in [1.165, 1.54) is 11.6 Å². The van der Waals surface area contributed by atoms with Gasteiger partial charge in [-0.1, -0.05) is 42.0 Å². The van der Waals surface area contributed by atoms with Gasteiger partial charge in [-0.3, -0.25) is 9.69 Å². The summed E-state index contributed by atoms with van der Waals surface area (Å²) in [6.07, 6.45) is 0.513. The highest BCUT2D eigenvalue weighted by Gasteiger charge is 2.35. The summed E-state index contributed by atoms with van der Waals surface area (Å²) in [5.74, 6) is -0.333. The summed E-state index contributed by atoms with van der Waals surface area (Å²) in [4.78, 5) is 17.7. The summed E-state index contributed by atoms with van der Waals surface area (Å²) in [5, 5.41) is 6.24. The monoisotopic (exact) mass is 408 g/mol. The minimum absolute atomic E-state index is 0.0316. The van der Waals surface area contributed by atoms with Gasteiger partial charge >= 0.3 is 0 Å². The maximum atomic E-state index is 14.4. The molecular formula is C24H29FN4O. The van der Waals surface area contributed by atoms with Crippen LogP contribution < -0.4 is 0 Å². The number of rotatable bonds is 4. The molecule has 0 radical (unpaired) electrons. The summed E-state index contributed by atoms with van der Waals surface area (Å²) >= 11 is 0. The Balaban J connectivity index is 1.63. The van der Waals surface area contributed by atoms with E-state index in [1.807, 2.05) is 6.07 Å².